The molecule has 0 aromatic carbocycles. The van der Waals surface area contributed by atoms with Crippen molar-refractivity contribution in [1.82, 2.24) is 4.90 Å². The molecule has 1 atom stereocenters. The highest BCUT2D eigenvalue weighted by molar-refractivity contribution is 5.74. The molecule has 1 unspecified atom stereocenters. The molecule has 0 rings (SSSR count). The molecule has 0 aliphatic carbocycles. The van der Waals surface area contributed by atoms with Crippen LogP contribution in [0.2, 0.25) is 0 Å². The number of hydrogen-bond donors (Lipinski definition) is 1. The van der Waals surface area contributed by atoms with Crippen molar-refractivity contribution < 1.29 is 14.6 Å². The van der Waals surface area contributed by atoms with Gasteiger partial charge in [-0.3, -0.25) is 4.79 Å². The van der Waals surface area contributed by atoms with Gasteiger partial charge in [0.05, 0.1) is 18.1 Å². The lowest BCUT2D eigenvalue weighted by Crippen LogP contribution is -2.40. The maximum Gasteiger partial charge on any atom is 0.310 e. The topological polar surface area (TPSA) is 49.8 Å². The normalized spacial score (nSPS) is 15.2. The molecule has 102 valence electrons. The van der Waals surface area contributed by atoms with E-state index in [9.17, 15) is 9.90 Å². The monoisotopic (exact) mass is 245 g/mol. The average Bonchev–Trinajstić information content (AvgIpc) is 2.16. The number of aliphatic carboxylic acids is 1. The van der Waals surface area contributed by atoms with Gasteiger partial charge >= 0.3 is 5.97 Å². The summed E-state index contributed by atoms with van der Waals surface area (Å²) in [6.07, 6.45) is 1.82. The van der Waals surface area contributed by atoms with Crippen molar-refractivity contribution in [2.24, 2.45) is 5.41 Å². The number of carbonyl (C=O) groups is 1. The first-order valence-corrected chi connectivity index (χ1v) is 6.35. The smallest absolute Gasteiger partial charge is 0.310 e. The summed E-state index contributed by atoms with van der Waals surface area (Å²) in [4.78, 5) is 13.3. The number of rotatable bonds is 9. The third-order valence-corrected chi connectivity index (χ3v) is 2.86. The molecule has 0 amide bonds. The first kappa shape index (κ1) is 16.4. The van der Waals surface area contributed by atoms with Crippen molar-refractivity contribution in [3.8, 4) is 0 Å². The van der Waals surface area contributed by atoms with Crippen LogP contribution in [0.15, 0.2) is 0 Å². The van der Waals surface area contributed by atoms with E-state index >= 15 is 0 Å². The number of ether oxygens (including phenoxy) is 1. The molecule has 0 saturated carbocycles. The molecular formula is C13H27NO3. The first-order valence-electron chi connectivity index (χ1n) is 6.35. The Hall–Kier alpha value is -0.610. The number of likely N-dealkylation sites (N-methyl/N-ethyl adjacent to an activating group) is 1. The van der Waals surface area contributed by atoms with E-state index in [1.54, 1.807) is 0 Å². The van der Waals surface area contributed by atoms with Gasteiger partial charge in [-0.05, 0) is 34.2 Å². The lowest BCUT2D eigenvalue weighted by atomic mass is 9.85. The number of nitrogens with zero attached hydrogens (tertiary/aromatic N) is 1. The van der Waals surface area contributed by atoms with E-state index in [0.717, 1.165) is 13.0 Å². The van der Waals surface area contributed by atoms with Gasteiger partial charge in [0, 0.05) is 13.1 Å². The van der Waals surface area contributed by atoms with Gasteiger partial charge in [0.2, 0.25) is 0 Å². The van der Waals surface area contributed by atoms with Crippen LogP contribution in [0, 0.1) is 5.41 Å². The summed E-state index contributed by atoms with van der Waals surface area (Å²) in [5.74, 6) is -0.712. The van der Waals surface area contributed by atoms with Crippen LogP contribution in [-0.2, 0) is 9.53 Å². The maximum atomic E-state index is 11.3. The predicted octanol–water partition coefficient (Wildman–Crippen LogP) is 2.23. The fraction of sp³-hybridized carbons (Fsp3) is 0.923. The molecule has 0 fully saturated rings. The van der Waals surface area contributed by atoms with Crippen molar-refractivity contribution in [3.05, 3.63) is 0 Å². The molecular weight excluding hydrogens is 218 g/mol. The van der Waals surface area contributed by atoms with Crippen molar-refractivity contribution in [2.75, 3.05) is 26.7 Å². The minimum absolute atomic E-state index is 0.227. The zero-order valence-corrected chi connectivity index (χ0v) is 11.8. The average molecular weight is 245 g/mol. The minimum atomic E-state index is -0.712. The molecule has 17 heavy (non-hydrogen) atoms. The molecule has 0 aromatic rings. The Morgan fingerprint density at radius 2 is 2.06 bits per heavy atom. The highest BCUT2D eigenvalue weighted by Gasteiger charge is 2.33. The molecule has 0 spiro atoms. The lowest BCUT2D eigenvalue weighted by Gasteiger charge is -2.30. The minimum Gasteiger partial charge on any atom is -0.481 e. The van der Waals surface area contributed by atoms with E-state index in [0.29, 0.717) is 19.6 Å². The molecule has 0 aliphatic rings. The zero-order valence-electron chi connectivity index (χ0n) is 11.8. The molecule has 0 radical (unpaired) electrons. The van der Waals surface area contributed by atoms with Crippen LogP contribution in [-0.4, -0.2) is 48.8 Å². The predicted molar refractivity (Wildman–Crippen MR) is 69.2 cm³/mol. The van der Waals surface area contributed by atoms with Gasteiger partial charge < -0.3 is 14.7 Å². The van der Waals surface area contributed by atoms with Gasteiger partial charge in [0.1, 0.15) is 0 Å². The molecule has 1 N–H and O–H groups in total. The van der Waals surface area contributed by atoms with Gasteiger partial charge in [0.25, 0.3) is 0 Å². The molecule has 0 aliphatic heterocycles. The molecule has 0 heterocycles. The van der Waals surface area contributed by atoms with Crippen LogP contribution in [0.4, 0.5) is 0 Å². The van der Waals surface area contributed by atoms with Crippen molar-refractivity contribution in [3.63, 3.8) is 0 Å². The van der Waals surface area contributed by atoms with E-state index in [2.05, 4.69) is 0 Å². The van der Waals surface area contributed by atoms with Crippen molar-refractivity contribution >= 4 is 5.97 Å². The summed E-state index contributed by atoms with van der Waals surface area (Å²) in [6, 6.07) is 0. The van der Waals surface area contributed by atoms with Gasteiger partial charge in [-0.1, -0.05) is 13.3 Å². The quantitative estimate of drug-likeness (QED) is 0.677. The summed E-state index contributed by atoms with van der Waals surface area (Å²) in [5, 5.41) is 9.27. The van der Waals surface area contributed by atoms with E-state index in [1.165, 1.54) is 0 Å². The molecule has 0 saturated heterocycles. The van der Waals surface area contributed by atoms with Crippen LogP contribution in [0.1, 0.15) is 40.5 Å². The third kappa shape index (κ3) is 6.64. The number of carboxylic acid groups (broad SMARTS) is 1. The van der Waals surface area contributed by atoms with Crippen LogP contribution in [0.25, 0.3) is 0 Å². The van der Waals surface area contributed by atoms with Gasteiger partial charge in [-0.25, -0.2) is 0 Å². The Kier molecular flexibility index (Phi) is 7.39. The van der Waals surface area contributed by atoms with E-state index in [1.807, 2.05) is 39.6 Å². The van der Waals surface area contributed by atoms with Gasteiger partial charge in [-0.15, -0.1) is 0 Å². The Bertz CT molecular complexity index is 231. The summed E-state index contributed by atoms with van der Waals surface area (Å²) < 4.78 is 5.46. The molecule has 4 nitrogen and oxygen atoms in total. The zero-order chi connectivity index (χ0) is 13.5. The Morgan fingerprint density at radius 1 is 1.47 bits per heavy atom. The maximum absolute atomic E-state index is 11.3. The van der Waals surface area contributed by atoms with E-state index in [-0.39, 0.29) is 6.10 Å². The summed E-state index contributed by atoms with van der Waals surface area (Å²) >= 11 is 0. The lowest BCUT2D eigenvalue weighted by molar-refractivity contribution is -0.149. The van der Waals surface area contributed by atoms with E-state index in [4.69, 9.17) is 4.74 Å². The Labute approximate surface area is 105 Å². The first-order chi connectivity index (χ1) is 7.81. The molecule has 4 heteroatoms. The van der Waals surface area contributed by atoms with Crippen molar-refractivity contribution in [2.45, 2.75) is 46.6 Å². The SMILES string of the molecule is CCCC(C)(CN(C)CCOC(C)C)C(=O)O. The fourth-order valence-corrected chi connectivity index (χ4v) is 1.92. The Morgan fingerprint density at radius 3 is 2.47 bits per heavy atom. The van der Waals surface area contributed by atoms with E-state index < -0.39 is 11.4 Å². The number of carboxylic acids is 1. The van der Waals surface area contributed by atoms with Crippen LogP contribution in [0.5, 0.6) is 0 Å². The van der Waals surface area contributed by atoms with Crippen LogP contribution < -0.4 is 0 Å². The summed E-state index contributed by atoms with van der Waals surface area (Å²) in [7, 11) is 1.94. The Balaban J connectivity index is 4.13. The van der Waals surface area contributed by atoms with Crippen molar-refractivity contribution in [1.29, 1.82) is 0 Å². The van der Waals surface area contributed by atoms with Crippen LogP contribution >= 0.6 is 0 Å². The largest absolute Gasteiger partial charge is 0.481 e. The second kappa shape index (κ2) is 7.67. The second-order valence-corrected chi connectivity index (χ2v) is 5.27. The van der Waals surface area contributed by atoms with Gasteiger partial charge in [0.15, 0.2) is 0 Å². The highest BCUT2D eigenvalue weighted by Crippen LogP contribution is 2.24. The highest BCUT2D eigenvalue weighted by atomic mass is 16.5. The standard InChI is InChI=1S/C13H27NO3/c1-6-7-13(4,12(15)16)10-14(5)8-9-17-11(2)3/h11H,6-10H2,1-5H3,(H,15,16). The third-order valence-electron chi connectivity index (χ3n) is 2.86. The summed E-state index contributed by atoms with van der Waals surface area (Å²) in [5.41, 5.74) is -0.651. The summed E-state index contributed by atoms with van der Waals surface area (Å²) in [6.45, 7) is 9.82. The molecule has 0 bridgehead atoms. The second-order valence-electron chi connectivity index (χ2n) is 5.27. The molecule has 0 aromatic heterocycles. The van der Waals surface area contributed by atoms with Crippen LogP contribution in [0.3, 0.4) is 0 Å². The van der Waals surface area contributed by atoms with Gasteiger partial charge in [-0.2, -0.15) is 0 Å². The fourth-order valence-electron chi connectivity index (χ4n) is 1.92. The number of hydrogen-bond acceptors (Lipinski definition) is 3.